The van der Waals surface area contributed by atoms with E-state index in [-0.39, 0.29) is 30.2 Å². The Balaban J connectivity index is 1.16. The van der Waals surface area contributed by atoms with Crippen molar-refractivity contribution < 1.29 is 54.4 Å². The van der Waals surface area contributed by atoms with Gasteiger partial charge in [0.05, 0.1) is 31.5 Å². The molecule has 16 heteroatoms. The number of benzene rings is 5. The van der Waals surface area contributed by atoms with E-state index in [0.717, 1.165) is 17.0 Å². The number of carbonyl (C=O) groups is 2. The smallest absolute Gasteiger partial charge is 0.467 e. The summed E-state index contributed by atoms with van der Waals surface area (Å²) in [5.41, 5.74) is 0.990. The summed E-state index contributed by atoms with van der Waals surface area (Å²) in [6.45, 7) is -0.514. The molecule has 0 saturated heterocycles. The van der Waals surface area contributed by atoms with Gasteiger partial charge in [-0.2, -0.15) is 0 Å². The van der Waals surface area contributed by atoms with Crippen LogP contribution in [0.15, 0.2) is 103 Å². The number of nitrogens with one attached hydrogen (secondary N) is 1. The molecule has 5 aromatic carbocycles. The summed E-state index contributed by atoms with van der Waals surface area (Å²) in [6, 6.07) is 23.6. The largest absolute Gasteiger partial charge is 0.478 e. The zero-order chi connectivity index (χ0) is 40.0. The Morgan fingerprint density at radius 1 is 0.750 bits per heavy atom. The van der Waals surface area contributed by atoms with Crippen LogP contribution in [0.2, 0.25) is 0 Å². The number of carbonyl (C=O) groups excluding carboxylic acids is 2. The average Bonchev–Trinajstić information content (AvgIpc) is 3.18. The molecule has 5 aromatic rings. The van der Waals surface area contributed by atoms with Gasteiger partial charge in [-0.3, -0.25) is 18.7 Å². The van der Waals surface area contributed by atoms with E-state index in [2.05, 4.69) is 5.32 Å². The number of hydrogen-bond donors (Lipinski definition) is 1. The van der Waals surface area contributed by atoms with Gasteiger partial charge in [-0.15, -0.1) is 0 Å². The third-order valence-corrected chi connectivity index (χ3v) is 10.3. The lowest BCUT2D eigenvalue weighted by Crippen LogP contribution is -2.47. The van der Waals surface area contributed by atoms with Crippen LogP contribution >= 0.6 is 7.82 Å². The van der Waals surface area contributed by atoms with Crippen LogP contribution in [0.3, 0.4) is 0 Å². The first-order chi connectivity index (χ1) is 26.8. The van der Waals surface area contributed by atoms with Crippen LogP contribution in [-0.4, -0.2) is 30.7 Å². The van der Waals surface area contributed by atoms with E-state index in [1.807, 2.05) is 0 Å². The van der Waals surface area contributed by atoms with E-state index in [4.69, 9.17) is 18.3 Å². The maximum Gasteiger partial charge on any atom is 0.478 e. The topological polar surface area (TPSA) is 107 Å². The zero-order valence-electron chi connectivity index (χ0n) is 30.0. The standard InChI is InChI=1S/C40H35F5N3O7P/c1-25-31-14-13-28(39(49)46-20-32-34(42)16-29(41)17-35(32)43)15-38(31)48(40(50)47(25)2)21-33-36(44)18-30(19-37(33)45)52-24-55-56(51,53-22-26-9-5-3-6-10-26)54-23-27-11-7-4-8-12-27/h3-19,25H,20-24H2,1-2H3,(H,46,49)/t25-/m0/s1. The van der Waals surface area contributed by atoms with Crippen molar-refractivity contribution in [3.63, 3.8) is 0 Å². The number of fused-ring (bicyclic) bond motifs is 1. The van der Waals surface area contributed by atoms with Crippen molar-refractivity contribution in [3.8, 4) is 5.75 Å². The van der Waals surface area contributed by atoms with Crippen LogP contribution in [0.4, 0.5) is 32.4 Å². The lowest BCUT2D eigenvalue weighted by molar-refractivity contribution is 0.0441. The fraction of sp³-hybridized carbons (Fsp3) is 0.200. The zero-order valence-corrected chi connectivity index (χ0v) is 30.9. The Morgan fingerprint density at radius 2 is 1.30 bits per heavy atom. The normalized spacial score (nSPS) is 14.1. The number of rotatable bonds is 15. The molecule has 0 aromatic heterocycles. The van der Waals surface area contributed by atoms with Crippen molar-refractivity contribution in [1.29, 1.82) is 0 Å². The van der Waals surface area contributed by atoms with Gasteiger partial charge in [0.15, 0.2) is 6.79 Å². The van der Waals surface area contributed by atoms with Gasteiger partial charge in [-0.25, -0.2) is 35.8 Å². The molecule has 3 amide bonds. The van der Waals surface area contributed by atoms with Crippen molar-refractivity contribution in [2.75, 3.05) is 18.7 Å². The first-order valence-corrected chi connectivity index (χ1v) is 18.6. The van der Waals surface area contributed by atoms with Crippen LogP contribution < -0.4 is 15.0 Å². The van der Waals surface area contributed by atoms with Crippen LogP contribution in [0.25, 0.3) is 0 Å². The van der Waals surface area contributed by atoms with Crippen molar-refractivity contribution in [1.82, 2.24) is 10.2 Å². The summed E-state index contributed by atoms with van der Waals surface area (Å²) in [5.74, 6) is -6.77. The minimum atomic E-state index is -4.27. The number of hydrogen-bond acceptors (Lipinski definition) is 7. The van der Waals surface area contributed by atoms with E-state index in [9.17, 15) is 27.3 Å². The second-order valence-corrected chi connectivity index (χ2v) is 14.4. The summed E-state index contributed by atoms with van der Waals surface area (Å²) in [5, 5.41) is 2.37. The summed E-state index contributed by atoms with van der Waals surface area (Å²) >= 11 is 0. The number of ether oxygens (including phenoxy) is 1. The first kappa shape index (κ1) is 40.1. The van der Waals surface area contributed by atoms with Gasteiger partial charge in [-0.05, 0) is 35.7 Å². The molecule has 0 spiro atoms. The average molecular weight is 796 g/mol. The number of halogens is 5. The Kier molecular flexibility index (Phi) is 12.5. The van der Waals surface area contributed by atoms with E-state index in [1.165, 1.54) is 24.1 Å². The molecule has 10 nitrogen and oxygen atoms in total. The van der Waals surface area contributed by atoms with E-state index in [0.29, 0.717) is 28.8 Å². The summed E-state index contributed by atoms with van der Waals surface area (Å²) in [4.78, 5) is 29.0. The highest BCUT2D eigenvalue weighted by Gasteiger charge is 2.35. The molecule has 56 heavy (non-hydrogen) atoms. The molecule has 0 radical (unpaired) electrons. The molecule has 0 aliphatic carbocycles. The molecule has 0 unspecified atom stereocenters. The monoisotopic (exact) mass is 795 g/mol. The Morgan fingerprint density at radius 3 is 1.88 bits per heavy atom. The van der Waals surface area contributed by atoms with Crippen molar-refractivity contribution >= 4 is 25.4 Å². The molecule has 0 fully saturated rings. The minimum absolute atomic E-state index is 0.0243. The van der Waals surface area contributed by atoms with Gasteiger partial charge in [0.25, 0.3) is 5.91 Å². The minimum Gasteiger partial charge on any atom is -0.467 e. The number of urea groups is 1. The van der Waals surface area contributed by atoms with Gasteiger partial charge in [0, 0.05) is 54.5 Å². The summed E-state index contributed by atoms with van der Waals surface area (Å²) in [7, 11) is -2.76. The maximum atomic E-state index is 15.6. The maximum absolute atomic E-state index is 15.6. The molecule has 0 bridgehead atoms. The SMILES string of the molecule is C[C@H]1c2ccc(C(=O)NCc3c(F)cc(F)cc3F)cc2N(Cc2c(F)cc(OCOP(=O)(OCc3ccccc3)OCc3ccccc3)cc2F)C(=O)N1C. The van der Waals surface area contributed by atoms with Crippen molar-refractivity contribution in [2.45, 2.75) is 39.3 Å². The van der Waals surface area contributed by atoms with E-state index >= 15 is 8.78 Å². The highest BCUT2D eigenvalue weighted by Crippen LogP contribution is 2.51. The molecular weight excluding hydrogens is 760 g/mol. The summed E-state index contributed by atoms with van der Waals surface area (Å²) in [6.07, 6.45) is 0. The van der Waals surface area contributed by atoms with E-state index < -0.39 is 85.9 Å². The predicted molar refractivity (Wildman–Crippen MR) is 195 cm³/mol. The van der Waals surface area contributed by atoms with Gasteiger partial charge < -0.3 is 15.0 Å². The number of nitrogens with zero attached hydrogens (tertiary/aromatic N) is 2. The number of phosphoric ester groups is 1. The number of phosphoric acid groups is 1. The third-order valence-electron chi connectivity index (χ3n) is 9.01. The number of amides is 3. The Bertz CT molecular complexity index is 2180. The second kappa shape index (κ2) is 17.5. The van der Waals surface area contributed by atoms with Crippen LogP contribution in [0.1, 0.15) is 51.1 Å². The lowest BCUT2D eigenvalue weighted by atomic mass is 9.98. The molecule has 292 valence electrons. The third kappa shape index (κ3) is 9.43. The highest BCUT2D eigenvalue weighted by atomic mass is 31.2. The first-order valence-electron chi connectivity index (χ1n) is 17.1. The molecule has 1 aliphatic heterocycles. The van der Waals surface area contributed by atoms with E-state index in [1.54, 1.807) is 73.7 Å². The predicted octanol–water partition coefficient (Wildman–Crippen LogP) is 9.34. The Labute approximate surface area is 319 Å². The van der Waals surface area contributed by atoms with Crippen LogP contribution in [-0.2, 0) is 44.4 Å². The molecule has 1 N–H and O–H groups in total. The number of anilines is 1. The fourth-order valence-electron chi connectivity index (χ4n) is 5.80. The second-order valence-electron chi connectivity index (χ2n) is 12.7. The molecule has 1 heterocycles. The van der Waals surface area contributed by atoms with Gasteiger partial charge in [0.1, 0.15) is 34.8 Å². The van der Waals surface area contributed by atoms with Crippen molar-refractivity contribution in [2.24, 2.45) is 0 Å². The molecular formula is C40H35F5N3O7P. The van der Waals surface area contributed by atoms with Gasteiger partial charge >= 0.3 is 13.9 Å². The summed E-state index contributed by atoms with van der Waals surface area (Å²) < 4.78 is 108. The Hall–Kier alpha value is -5.60. The molecule has 0 saturated carbocycles. The van der Waals surface area contributed by atoms with Crippen LogP contribution in [0, 0.1) is 29.1 Å². The van der Waals surface area contributed by atoms with Gasteiger partial charge in [0.2, 0.25) is 0 Å². The highest BCUT2D eigenvalue weighted by molar-refractivity contribution is 7.48. The lowest BCUT2D eigenvalue weighted by Gasteiger charge is -2.39. The molecule has 1 aliphatic rings. The van der Waals surface area contributed by atoms with Gasteiger partial charge in [-0.1, -0.05) is 66.7 Å². The molecule has 1 atom stereocenters. The molecule has 6 rings (SSSR count). The fourth-order valence-corrected chi connectivity index (χ4v) is 6.82. The van der Waals surface area contributed by atoms with Crippen molar-refractivity contribution in [3.05, 3.63) is 166 Å². The van der Waals surface area contributed by atoms with Crippen LogP contribution in [0.5, 0.6) is 5.75 Å². The quantitative estimate of drug-likeness (QED) is 0.0640.